The van der Waals surface area contributed by atoms with Gasteiger partial charge in [-0.25, -0.2) is 4.79 Å². The van der Waals surface area contributed by atoms with Crippen LogP contribution >= 0.6 is 0 Å². The number of nitrogens with zero attached hydrogens (tertiary/aromatic N) is 1. The monoisotopic (exact) mass is 486 g/mol. The highest BCUT2D eigenvalue weighted by atomic mass is 16.6. The number of phenolic OH excluding ortho intramolecular Hbond substituents is 1. The first-order chi connectivity index (χ1) is 17.5. The Morgan fingerprint density at radius 2 is 1.81 bits per heavy atom. The normalized spacial score (nSPS) is 21.0. The predicted octanol–water partition coefficient (Wildman–Crippen LogP) is 3.67. The van der Waals surface area contributed by atoms with Gasteiger partial charge in [-0.3, -0.25) is 9.59 Å². The number of nitrogens with one attached hydrogen (secondary N) is 1. The van der Waals surface area contributed by atoms with E-state index in [2.05, 4.69) is 5.32 Å². The van der Waals surface area contributed by atoms with Gasteiger partial charge in [0.1, 0.15) is 23.5 Å². The summed E-state index contributed by atoms with van der Waals surface area (Å²) < 4.78 is 10.7. The number of Topliss-reactive ketones (excluding diaryl/α,β-unsaturated/α-hetero) is 1. The van der Waals surface area contributed by atoms with Crippen molar-refractivity contribution in [3.63, 3.8) is 0 Å². The maximum atomic E-state index is 13.4. The van der Waals surface area contributed by atoms with Crippen molar-refractivity contribution < 1.29 is 29.0 Å². The number of hydrogen-bond donors (Lipinski definition) is 2. The SMILES string of the molecule is O=C(Nc1ccc(C(=O)OC2CCOCC2)c(O)c1)C(=O)C1C(c2ccccc2)C=C2C=CC=CN21. The molecule has 3 heterocycles. The van der Waals surface area contributed by atoms with E-state index in [4.69, 9.17) is 9.47 Å². The number of phenols is 1. The quantitative estimate of drug-likeness (QED) is 0.474. The summed E-state index contributed by atoms with van der Waals surface area (Å²) >= 11 is 0. The molecule has 0 saturated carbocycles. The Morgan fingerprint density at radius 1 is 1.03 bits per heavy atom. The lowest BCUT2D eigenvalue weighted by Crippen LogP contribution is -2.43. The molecule has 1 fully saturated rings. The molecule has 8 heteroatoms. The molecule has 184 valence electrons. The Bertz CT molecular complexity index is 1260. The molecule has 2 unspecified atom stereocenters. The van der Waals surface area contributed by atoms with Crippen molar-refractivity contribution in [1.82, 2.24) is 4.90 Å². The van der Waals surface area contributed by atoms with Gasteiger partial charge < -0.3 is 24.8 Å². The van der Waals surface area contributed by atoms with Crippen LogP contribution in [0.1, 0.15) is 34.7 Å². The van der Waals surface area contributed by atoms with Gasteiger partial charge in [-0.05, 0) is 29.8 Å². The number of fused-ring (bicyclic) bond motifs is 1. The molecule has 5 rings (SSSR count). The highest BCUT2D eigenvalue weighted by molar-refractivity contribution is 6.42. The minimum absolute atomic E-state index is 0.00941. The van der Waals surface area contributed by atoms with Gasteiger partial charge in [0.05, 0.1) is 13.2 Å². The highest BCUT2D eigenvalue weighted by Gasteiger charge is 2.41. The van der Waals surface area contributed by atoms with Gasteiger partial charge >= 0.3 is 5.97 Å². The van der Waals surface area contributed by atoms with E-state index in [1.54, 1.807) is 11.1 Å². The number of aromatic hydroxyl groups is 1. The van der Waals surface area contributed by atoms with Crippen LogP contribution in [-0.4, -0.2) is 53.0 Å². The zero-order chi connectivity index (χ0) is 25.1. The van der Waals surface area contributed by atoms with Crippen LogP contribution in [0.25, 0.3) is 0 Å². The Hall–Kier alpha value is -4.17. The lowest BCUT2D eigenvalue weighted by molar-refractivity contribution is -0.137. The van der Waals surface area contributed by atoms with Crippen LogP contribution in [0.3, 0.4) is 0 Å². The summed E-state index contributed by atoms with van der Waals surface area (Å²) in [5.74, 6) is -2.71. The van der Waals surface area contributed by atoms with E-state index in [-0.39, 0.29) is 29.0 Å². The van der Waals surface area contributed by atoms with Crippen LogP contribution in [0.15, 0.2) is 84.7 Å². The average molecular weight is 487 g/mol. The number of amides is 1. The van der Waals surface area contributed by atoms with Crippen molar-refractivity contribution >= 4 is 23.3 Å². The van der Waals surface area contributed by atoms with E-state index in [9.17, 15) is 19.5 Å². The number of carbonyl (C=O) groups is 3. The summed E-state index contributed by atoms with van der Waals surface area (Å²) in [5, 5.41) is 13.0. The van der Waals surface area contributed by atoms with Crippen LogP contribution in [0.5, 0.6) is 5.75 Å². The molecule has 2 atom stereocenters. The minimum Gasteiger partial charge on any atom is -0.507 e. The van der Waals surface area contributed by atoms with E-state index in [0.717, 1.165) is 11.3 Å². The second kappa shape index (κ2) is 10.2. The van der Waals surface area contributed by atoms with Crippen LogP contribution in [0, 0.1) is 0 Å². The number of benzene rings is 2. The van der Waals surface area contributed by atoms with Crippen LogP contribution in [-0.2, 0) is 19.1 Å². The number of allylic oxidation sites excluding steroid dienone is 3. The van der Waals surface area contributed by atoms with Gasteiger partial charge in [-0.2, -0.15) is 0 Å². The zero-order valence-electron chi connectivity index (χ0n) is 19.5. The summed E-state index contributed by atoms with van der Waals surface area (Å²) in [4.78, 5) is 40.6. The van der Waals surface area contributed by atoms with Gasteiger partial charge in [0, 0.05) is 42.4 Å². The van der Waals surface area contributed by atoms with E-state index < -0.39 is 23.7 Å². The fourth-order valence-corrected chi connectivity index (χ4v) is 4.67. The van der Waals surface area contributed by atoms with Crippen molar-refractivity contribution in [3.05, 3.63) is 95.9 Å². The fourth-order valence-electron chi connectivity index (χ4n) is 4.67. The lowest BCUT2D eigenvalue weighted by Gasteiger charge is -2.28. The predicted molar refractivity (Wildman–Crippen MR) is 132 cm³/mol. The number of hydrogen-bond acceptors (Lipinski definition) is 7. The average Bonchev–Trinajstić information content (AvgIpc) is 3.29. The van der Waals surface area contributed by atoms with Crippen molar-refractivity contribution in [3.8, 4) is 5.75 Å². The summed E-state index contributed by atoms with van der Waals surface area (Å²) in [6, 6.07) is 12.9. The fraction of sp³-hybridized carbons (Fsp3) is 0.250. The number of esters is 1. The van der Waals surface area contributed by atoms with Crippen LogP contribution in [0.2, 0.25) is 0 Å². The number of ether oxygens (including phenoxy) is 2. The third kappa shape index (κ3) is 4.81. The smallest absolute Gasteiger partial charge is 0.342 e. The standard InChI is InChI=1S/C28H26N2O6/c31-24-16-19(9-10-22(24)28(34)36-21-11-14-35-15-12-21)29-27(33)26(32)25-23(18-6-2-1-3-7-18)17-20-8-4-5-13-30(20)25/h1-10,13,16-17,21,23,25,31H,11-12,14-15H2,(H,29,33). The summed E-state index contributed by atoms with van der Waals surface area (Å²) in [5.41, 5.74) is 1.97. The van der Waals surface area contributed by atoms with E-state index in [1.165, 1.54) is 18.2 Å². The van der Waals surface area contributed by atoms with Gasteiger partial charge in [-0.1, -0.05) is 42.5 Å². The first-order valence-corrected chi connectivity index (χ1v) is 11.9. The number of rotatable bonds is 6. The van der Waals surface area contributed by atoms with Crippen LogP contribution in [0.4, 0.5) is 5.69 Å². The molecule has 3 aliphatic rings. The molecular weight excluding hydrogens is 460 g/mol. The molecule has 1 saturated heterocycles. The zero-order valence-corrected chi connectivity index (χ0v) is 19.5. The Kier molecular flexibility index (Phi) is 6.69. The van der Waals surface area contributed by atoms with Crippen molar-refractivity contribution in [2.75, 3.05) is 18.5 Å². The second-order valence-electron chi connectivity index (χ2n) is 8.85. The molecule has 36 heavy (non-hydrogen) atoms. The molecule has 0 aromatic heterocycles. The van der Waals surface area contributed by atoms with Gasteiger partial charge in [0.25, 0.3) is 5.91 Å². The lowest BCUT2D eigenvalue weighted by atomic mass is 9.90. The third-order valence-corrected chi connectivity index (χ3v) is 6.51. The molecule has 2 aromatic carbocycles. The topological polar surface area (TPSA) is 105 Å². The molecule has 2 aromatic rings. The molecule has 8 nitrogen and oxygen atoms in total. The third-order valence-electron chi connectivity index (χ3n) is 6.51. The molecule has 2 N–H and O–H groups in total. The Labute approximate surface area is 208 Å². The minimum atomic E-state index is -0.810. The van der Waals surface area contributed by atoms with Crippen LogP contribution < -0.4 is 5.32 Å². The summed E-state index contributed by atoms with van der Waals surface area (Å²) in [6.45, 7) is 1.05. The maximum Gasteiger partial charge on any atom is 0.342 e. The highest BCUT2D eigenvalue weighted by Crippen LogP contribution is 2.37. The van der Waals surface area contributed by atoms with E-state index in [0.29, 0.717) is 26.1 Å². The van der Waals surface area contributed by atoms with Crippen molar-refractivity contribution in [1.29, 1.82) is 0 Å². The molecule has 0 spiro atoms. The van der Waals surface area contributed by atoms with Crippen molar-refractivity contribution in [2.24, 2.45) is 0 Å². The first kappa shape index (κ1) is 23.6. The summed E-state index contributed by atoms with van der Waals surface area (Å²) in [7, 11) is 0. The molecular formula is C28H26N2O6. The molecule has 3 aliphatic heterocycles. The molecule has 0 aliphatic carbocycles. The number of ketones is 1. The van der Waals surface area contributed by atoms with E-state index >= 15 is 0 Å². The molecule has 1 amide bonds. The number of carbonyl (C=O) groups excluding carboxylic acids is 3. The van der Waals surface area contributed by atoms with E-state index in [1.807, 2.05) is 54.6 Å². The van der Waals surface area contributed by atoms with Gasteiger partial charge in [0.2, 0.25) is 5.78 Å². The van der Waals surface area contributed by atoms with Crippen molar-refractivity contribution in [2.45, 2.75) is 30.9 Å². The maximum absolute atomic E-state index is 13.4. The van der Waals surface area contributed by atoms with Gasteiger partial charge in [0.15, 0.2) is 0 Å². The molecule has 0 bridgehead atoms. The second-order valence-corrected chi connectivity index (χ2v) is 8.85. The first-order valence-electron chi connectivity index (χ1n) is 11.9. The largest absolute Gasteiger partial charge is 0.507 e. The Morgan fingerprint density at radius 3 is 2.56 bits per heavy atom. The Balaban J connectivity index is 1.30. The van der Waals surface area contributed by atoms with Gasteiger partial charge in [-0.15, -0.1) is 0 Å². The molecule has 0 radical (unpaired) electrons. The number of anilines is 1. The summed E-state index contributed by atoms with van der Waals surface area (Å²) in [6.07, 6.45) is 10.3.